The third-order valence-corrected chi connectivity index (χ3v) is 3.20. The van der Waals surface area contributed by atoms with Gasteiger partial charge in [0, 0.05) is 12.2 Å². The van der Waals surface area contributed by atoms with E-state index in [4.69, 9.17) is 4.74 Å². The predicted octanol–water partition coefficient (Wildman–Crippen LogP) is 3.14. The van der Waals surface area contributed by atoms with Crippen molar-refractivity contribution < 1.29 is 9.53 Å². The Labute approximate surface area is 109 Å². The molecule has 1 aromatic carbocycles. The first-order valence-corrected chi connectivity index (χ1v) is 6.70. The molecule has 0 aliphatic heterocycles. The van der Waals surface area contributed by atoms with Gasteiger partial charge in [0.15, 0.2) is 0 Å². The highest BCUT2D eigenvalue weighted by molar-refractivity contribution is 5.70. The zero-order valence-corrected chi connectivity index (χ0v) is 10.9. The van der Waals surface area contributed by atoms with Crippen molar-refractivity contribution in [2.24, 2.45) is 5.92 Å². The second kappa shape index (κ2) is 6.43. The van der Waals surface area contributed by atoms with E-state index in [9.17, 15) is 4.79 Å². The Hall–Kier alpha value is -1.51. The minimum absolute atomic E-state index is 0.102. The van der Waals surface area contributed by atoms with Crippen LogP contribution in [0.25, 0.3) is 0 Å². The number of esters is 1. The normalized spacial score (nSPS) is 14.3. The van der Waals surface area contributed by atoms with Crippen molar-refractivity contribution in [1.82, 2.24) is 0 Å². The molecular formula is C15H21NO2. The van der Waals surface area contributed by atoms with Gasteiger partial charge in [-0.2, -0.15) is 0 Å². The molecule has 2 rings (SSSR count). The van der Waals surface area contributed by atoms with E-state index >= 15 is 0 Å². The molecule has 1 N–H and O–H groups in total. The number of benzene rings is 1. The molecule has 0 spiro atoms. The van der Waals surface area contributed by atoms with Crippen molar-refractivity contribution in [3.63, 3.8) is 0 Å². The van der Waals surface area contributed by atoms with Gasteiger partial charge in [0.25, 0.3) is 0 Å². The van der Waals surface area contributed by atoms with Gasteiger partial charge in [-0.3, -0.25) is 4.79 Å². The van der Waals surface area contributed by atoms with E-state index in [-0.39, 0.29) is 5.97 Å². The van der Waals surface area contributed by atoms with Crippen LogP contribution >= 0.6 is 0 Å². The number of rotatable bonds is 7. The van der Waals surface area contributed by atoms with E-state index < -0.39 is 0 Å². The molecule has 3 nitrogen and oxygen atoms in total. The van der Waals surface area contributed by atoms with Gasteiger partial charge in [-0.15, -0.1) is 0 Å². The van der Waals surface area contributed by atoms with Crippen molar-refractivity contribution in [3.05, 3.63) is 29.8 Å². The van der Waals surface area contributed by atoms with Crippen LogP contribution in [0.5, 0.6) is 0 Å². The lowest BCUT2D eigenvalue weighted by atomic mass is 10.2. The minimum Gasteiger partial charge on any atom is -0.466 e. The molecule has 1 saturated carbocycles. The molecule has 1 aliphatic rings. The second-order valence-corrected chi connectivity index (χ2v) is 5.00. The number of carbonyl (C=O) groups is 1. The van der Waals surface area contributed by atoms with Crippen LogP contribution in [-0.4, -0.2) is 19.1 Å². The van der Waals surface area contributed by atoms with Crippen molar-refractivity contribution in [2.45, 2.75) is 32.6 Å². The molecule has 1 aliphatic carbocycles. The lowest BCUT2D eigenvalue weighted by Crippen LogP contribution is -2.12. The van der Waals surface area contributed by atoms with E-state index in [0.717, 1.165) is 18.0 Å². The zero-order chi connectivity index (χ0) is 12.8. The summed E-state index contributed by atoms with van der Waals surface area (Å²) in [7, 11) is 0. The van der Waals surface area contributed by atoms with E-state index in [1.54, 1.807) is 0 Å². The molecule has 0 radical (unpaired) electrons. The maximum absolute atomic E-state index is 11.4. The van der Waals surface area contributed by atoms with Crippen LogP contribution in [0.1, 0.15) is 31.2 Å². The lowest BCUT2D eigenvalue weighted by Gasteiger charge is -2.07. The topological polar surface area (TPSA) is 38.3 Å². The first-order valence-electron chi connectivity index (χ1n) is 6.70. The third kappa shape index (κ3) is 4.78. The number of carbonyl (C=O) groups excluding carboxylic acids is 1. The summed E-state index contributed by atoms with van der Waals surface area (Å²) in [5.74, 6) is 0.721. The van der Waals surface area contributed by atoms with Crippen molar-refractivity contribution >= 4 is 11.7 Å². The number of hydrogen-bond acceptors (Lipinski definition) is 3. The molecular weight excluding hydrogens is 226 g/mol. The Morgan fingerprint density at radius 1 is 1.33 bits per heavy atom. The molecule has 0 amide bonds. The summed E-state index contributed by atoms with van der Waals surface area (Å²) in [6, 6.07) is 8.15. The largest absolute Gasteiger partial charge is 0.466 e. The fourth-order valence-corrected chi connectivity index (χ4v) is 1.80. The highest BCUT2D eigenvalue weighted by Crippen LogP contribution is 2.32. The van der Waals surface area contributed by atoms with Gasteiger partial charge >= 0.3 is 5.97 Å². The van der Waals surface area contributed by atoms with E-state index in [1.165, 1.54) is 18.4 Å². The number of anilines is 1. The minimum atomic E-state index is -0.102. The first kappa shape index (κ1) is 12.9. The van der Waals surface area contributed by atoms with Crippen molar-refractivity contribution in [3.8, 4) is 0 Å². The molecule has 0 unspecified atom stereocenters. The summed E-state index contributed by atoms with van der Waals surface area (Å²) >= 11 is 0. The van der Waals surface area contributed by atoms with E-state index in [1.807, 2.05) is 12.1 Å². The molecule has 0 atom stereocenters. The lowest BCUT2D eigenvalue weighted by molar-refractivity contribution is -0.143. The fraction of sp³-hybridized carbons (Fsp3) is 0.533. The highest BCUT2D eigenvalue weighted by Gasteiger charge is 2.21. The zero-order valence-electron chi connectivity index (χ0n) is 10.9. The molecule has 1 fully saturated rings. The van der Waals surface area contributed by atoms with Crippen LogP contribution in [0.2, 0.25) is 0 Å². The summed E-state index contributed by atoms with van der Waals surface area (Å²) in [5.41, 5.74) is 2.28. The standard InChI is InChI=1S/C15H21NO2/c1-12-2-6-14(7-3-12)16-10-8-15(17)18-11-9-13-4-5-13/h2-3,6-7,13,16H,4-5,8-11H2,1H3. The van der Waals surface area contributed by atoms with Gasteiger partial charge in [-0.05, 0) is 31.4 Å². The number of aryl methyl sites for hydroxylation is 1. The Balaban J connectivity index is 1.56. The van der Waals surface area contributed by atoms with Crippen LogP contribution < -0.4 is 5.32 Å². The van der Waals surface area contributed by atoms with Crippen LogP contribution in [-0.2, 0) is 9.53 Å². The van der Waals surface area contributed by atoms with Crippen molar-refractivity contribution in [2.75, 3.05) is 18.5 Å². The van der Waals surface area contributed by atoms with Gasteiger partial charge in [-0.25, -0.2) is 0 Å². The average Bonchev–Trinajstić information content (AvgIpc) is 3.16. The van der Waals surface area contributed by atoms with Gasteiger partial charge in [0.1, 0.15) is 0 Å². The quantitative estimate of drug-likeness (QED) is 0.752. The maximum Gasteiger partial charge on any atom is 0.307 e. The molecule has 0 heterocycles. The molecule has 0 saturated heterocycles. The maximum atomic E-state index is 11.4. The average molecular weight is 247 g/mol. The van der Waals surface area contributed by atoms with E-state index in [0.29, 0.717) is 19.6 Å². The third-order valence-electron chi connectivity index (χ3n) is 3.20. The van der Waals surface area contributed by atoms with Gasteiger partial charge in [0.05, 0.1) is 13.0 Å². The molecule has 98 valence electrons. The Morgan fingerprint density at radius 3 is 2.72 bits per heavy atom. The first-order chi connectivity index (χ1) is 8.74. The Bertz CT molecular complexity index is 382. The van der Waals surface area contributed by atoms with Gasteiger partial charge in [-0.1, -0.05) is 30.5 Å². The van der Waals surface area contributed by atoms with Crippen LogP contribution in [0.15, 0.2) is 24.3 Å². The fourth-order valence-electron chi connectivity index (χ4n) is 1.80. The van der Waals surface area contributed by atoms with Gasteiger partial charge in [0.2, 0.25) is 0 Å². The smallest absolute Gasteiger partial charge is 0.307 e. The van der Waals surface area contributed by atoms with Crippen LogP contribution in [0, 0.1) is 12.8 Å². The van der Waals surface area contributed by atoms with Crippen LogP contribution in [0.4, 0.5) is 5.69 Å². The van der Waals surface area contributed by atoms with Gasteiger partial charge < -0.3 is 10.1 Å². The second-order valence-electron chi connectivity index (χ2n) is 5.00. The summed E-state index contributed by atoms with van der Waals surface area (Å²) in [4.78, 5) is 11.4. The Morgan fingerprint density at radius 2 is 2.06 bits per heavy atom. The molecule has 18 heavy (non-hydrogen) atoms. The number of ether oxygens (including phenoxy) is 1. The SMILES string of the molecule is Cc1ccc(NCCC(=O)OCCC2CC2)cc1. The summed E-state index contributed by atoms with van der Waals surface area (Å²) in [6.45, 7) is 3.28. The van der Waals surface area contributed by atoms with E-state index in [2.05, 4.69) is 24.4 Å². The number of hydrogen-bond donors (Lipinski definition) is 1. The summed E-state index contributed by atoms with van der Waals surface area (Å²) in [6.07, 6.45) is 4.09. The van der Waals surface area contributed by atoms with Crippen molar-refractivity contribution in [1.29, 1.82) is 0 Å². The molecule has 0 bridgehead atoms. The molecule has 3 heteroatoms. The Kier molecular flexibility index (Phi) is 4.62. The summed E-state index contributed by atoms with van der Waals surface area (Å²) < 4.78 is 5.17. The summed E-state index contributed by atoms with van der Waals surface area (Å²) in [5, 5.41) is 3.21. The molecule has 0 aromatic heterocycles. The van der Waals surface area contributed by atoms with Crippen LogP contribution in [0.3, 0.4) is 0 Å². The highest BCUT2D eigenvalue weighted by atomic mass is 16.5. The molecule has 1 aromatic rings. The monoisotopic (exact) mass is 247 g/mol. The number of nitrogens with one attached hydrogen (secondary N) is 1. The predicted molar refractivity (Wildman–Crippen MR) is 72.6 cm³/mol.